The van der Waals surface area contributed by atoms with Crippen LogP contribution in [0.1, 0.15) is 32.4 Å². The molecule has 0 fully saturated rings. The third kappa shape index (κ3) is 3.52. The van der Waals surface area contributed by atoms with Crippen molar-refractivity contribution >= 4 is 5.97 Å². The molecule has 0 radical (unpaired) electrons. The number of nitriles is 1. The number of hydrogen-bond donors (Lipinski definition) is 0. The summed E-state index contributed by atoms with van der Waals surface area (Å²) in [7, 11) is 0. The lowest BCUT2D eigenvalue weighted by Gasteiger charge is -2.21. The Morgan fingerprint density at radius 1 is 1.59 bits per heavy atom. The number of pyridine rings is 1. The molecule has 90 valence electrons. The lowest BCUT2D eigenvalue weighted by molar-refractivity contribution is -0.155. The van der Waals surface area contributed by atoms with E-state index in [1.807, 2.05) is 0 Å². The average Bonchev–Trinajstić information content (AvgIpc) is 2.19. The van der Waals surface area contributed by atoms with Gasteiger partial charge in [0.05, 0.1) is 6.07 Å². The van der Waals surface area contributed by atoms with E-state index in [0.29, 0.717) is 0 Å². The van der Waals surface area contributed by atoms with Gasteiger partial charge in [-0.15, -0.1) is 0 Å². The lowest BCUT2D eigenvalue weighted by atomic mass is 10.1. The average molecular weight is 236 g/mol. The van der Waals surface area contributed by atoms with Crippen molar-refractivity contribution < 1.29 is 13.9 Å². The zero-order chi connectivity index (χ0) is 13.1. The summed E-state index contributed by atoms with van der Waals surface area (Å²) in [6, 6.07) is 4.25. The monoisotopic (exact) mass is 236 g/mol. The fourth-order valence-electron chi connectivity index (χ4n) is 1.20. The molecular weight excluding hydrogens is 223 g/mol. The number of carbonyl (C=O) groups is 1. The minimum absolute atomic E-state index is 0.204. The molecule has 0 amide bonds. The van der Waals surface area contributed by atoms with Gasteiger partial charge >= 0.3 is 5.97 Å². The summed E-state index contributed by atoms with van der Waals surface area (Å²) in [5.41, 5.74) is -0.929. The topological polar surface area (TPSA) is 63.0 Å². The van der Waals surface area contributed by atoms with E-state index in [0.717, 1.165) is 6.07 Å². The Labute approximate surface area is 99.0 Å². The fraction of sp³-hybridized carbons (Fsp3) is 0.417. The van der Waals surface area contributed by atoms with Gasteiger partial charge in [0.1, 0.15) is 17.1 Å². The molecule has 0 spiro atoms. The highest BCUT2D eigenvalue weighted by atomic mass is 19.1. The minimum atomic E-state index is -1.34. The number of rotatable bonds is 2. The Bertz CT molecular complexity index is 460. The number of aromatic nitrogens is 1. The summed E-state index contributed by atoms with van der Waals surface area (Å²) in [6.07, 6.45) is 1.33. The highest BCUT2D eigenvalue weighted by Crippen LogP contribution is 2.20. The van der Waals surface area contributed by atoms with Gasteiger partial charge in [-0.05, 0) is 32.9 Å². The highest BCUT2D eigenvalue weighted by molar-refractivity contribution is 5.81. The van der Waals surface area contributed by atoms with Crippen LogP contribution < -0.4 is 0 Å². The van der Waals surface area contributed by atoms with Gasteiger partial charge in [-0.3, -0.25) is 9.78 Å². The molecule has 0 aliphatic heterocycles. The van der Waals surface area contributed by atoms with Crippen molar-refractivity contribution in [2.45, 2.75) is 32.3 Å². The molecule has 4 nitrogen and oxygen atoms in total. The summed E-state index contributed by atoms with van der Waals surface area (Å²) >= 11 is 0. The summed E-state index contributed by atoms with van der Waals surface area (Å²) < 4.78 is 18.4. The highest BCUT2D eigenvalue weighted by Gasteiger charge is 2.29. The van der Waals surface area contributed by atoms with Crippen molar-refractivity contribution in [1.29, 1.82) is 5.26 Å². The number of esters is 1. The first-order valence-corrected chi connectivity index (χ1v) is 5.08. The van der Waals surface area contributed by atoms with Crippen LogP contribution in [-0.4, -0.2) is 16.6 Å². The molecule has 5 heteroatoms. The third-order valence-electron chi connectivity index (χ3n) is 1.83. The summed E-state index contributed by atoms with van der Waals surface area (Å²) in [6.45, 7) is 5.02. The molecule has 0 aromatic carbocycles. The van der Waals surface area contributed by atoms with E-state index >= 15 is 0 Å². The van der Waals surface area contributed by atoms with Crippen molar-refractivity contribution in [2.75, 3.05) is 0 Å². The van der Waals surface area contributed by atoms with E-state index in [9.17, 15) is 9.18 Å². The Morgan fingerprint density at radius 3 is 2.71 bits per heavy atom. The smallest absolute Gasteiger partial charge is 0.330 e. The van der Waals surface area contributed by atoms with Crippen LogP contribution in [0.15, 0.2) is 18.3 Å². The number of halogens is 1. The Balaban J connectivity index is 2.98. The van der Waals surface area contributed by atoms with E-state index in [4.69, 9.17) is 10.00 Å². The predicted molar refractivity (Wildman–Crippen MR) is 58.4 cm³/mol. The predicted octanol–water partition coefficient (Wildman–Crippen LogP) is 2.17. The molecule has 0 saturated carbocycles. The van der Waals surface area contributed by atoms with Gasteiger partial charge in [0, 0.05) is 6.20 Å². The molecule has 17 heavy (non-hydrogen) atoms. The fourth-order valence-corrected chi connectivity index (χ4v) is 1.20. The van der Waals surface area contributed by atoms with Gasteiger partial charge in [-0.1, -0.05) is 0 Å². The van der Waals surface area contributed by atoms with Crippen LogP contribution in [0.4, 0.5) is 4.39 Å². The Morgan fingerprint density at radius 2 is 2.24 bits per heavy atom. The van der Waals surface area contributed by atoms with E-state index in [1.54, 1.807) is 26.8 Å². The SMILES string of the molecule is CC(C)(C)OC(=O)C(C#N)c1ncccc1F. The van der Waals surface area contributed by atoms with Gasteiger partial charge in [-0.2, -0.15) is 5.26 Å². The maximum Gasteiger partial charge on any atom is 0.330 e. The molecule has 0 aliphatic rings. The van der Waals surface area contributed by atoms with Crippen LogP contribution in [0.5, 0.6) is 0 Å². The van der Waals surface area contributed by atoms with Crippen molar-refractivity contribution in [3.8, 4) is 6.07 Å². The Hall–Kier alpha value is -1.96. The van der Waals surface area contributed by atoms with Crippen molar-refractivity contribution in [3.05, 3.63) is 29.8 Å². The van der Waals surface area contributed by atoms with Crippen molar-refractivity contribution in [3.63, 3.8) is 0 Å². The Kier molecular flexibility index (Phi) is 3.79. The summed E-state index contributed by atoms with van der Waals surface area (Å²) in [4.78, 5) is 15.4. The van der Waals surface area contributed by atoms with Gasteiger partial charge in [0.25, 0.3) is 0 Å². The first kappa shape index (κ1) is 13.1. The van der Waals surface area contributed by atoms with E-state index < -0.39 is 23.3 Å². The molecule has 0 aliphatic carbocycles. The molecule has 0 N–H and O–H groups in total. The molecule has 0 bridgehead atoms. The normalized spacial score (nSPS) is 12.6. The molecule has 1 rings (SSSR count). The molecule has 1 atom stereocenters. The maximum absolute atomic E-state index is 13.4. The van der Waals surface area contributed by atoms with Crippen molar-refractivity contribution in [1.82, 2.24) is 4.98 Å². The summed E-state index contributed by atoms with van der Waals surface area (Å²) in [5.74, 6) is -2.82. The molecular formula is C12H13FN2O2. The van der Waals surface area contributed by atoms with E-state index in [1.165, 1.54) is 12.3 Å². The number of hydrogen-bond acceptors (Lipinski definition) is 4. The van der Waals surface area contributed by atoms with Crippen LogP contribution in [0.3, 0.4) is 0 Å². The van der Waals surface area contributed by atoms with Gasteiger partial charge in [-0.25, -0.2) is 4.39 Å². The largest absolute Gasteiger partial charge is 0.459 e. The molecule has 1 aromatic rings. The van der Waals surface area contributed by atoms with Crippen LogP contribution in [0, 0.1) is 17.1 Å². The standard InChI is InChI=1S/C12H13FN2O2/c1-12(2,3)17-11(16)8(7-14)10-9(13)5-4-6-15-10/h4-6,8H,1-3H3. The zero-order valence-corrected chi connectivity index (χ0v) is 9.90. The zero-order valence-electron chi connectivity index (χ0n) is 9.90. The van der Waals surface area contributed by atoms with Gasteiger partial charge in [0.15, 0.2) is 5.92 Å². The first-order chi connectivity index (χ1) is 7.85. The van der Waals surface area contributed by atoms with Crippen LogP contribution in [0.25, 0.3) is 0 Å². The van der Waals surface area contributed by atoms with Gasteiger partial charge < -0.3 is 4.74 Å². The van der Waals surface area contributed by atoms with Gasteiger partial charge in [0.2, 0.25) is 0 Å². The quantitative estimate of drug-likeness (QED) is 0.738. The van der Waals surface area contributed by atoms with E-state index in [2.05, 4.69) is 4.98 Å². The van der Waals surface area contributed by atoms with Crippen molar-refractivity contribution in [2.24, 2.45) is 0 Å². The minimum Gasteiger partial charge on any atom is -0.459 e. The van der Waals surface area contributed by atoms with E-state index in [-0.39, 0.29) is 5.69 Å². The number of carbonyl (C=O) groups excluding carboxylic acids is 1. The first-order valence-electron chi connectivity index (χ1n) is 5.08. The maximum atomic E-state index is 13.4. The number of nitrogens with zero attached hydrogens (tertiary/aromatic N) is 2. The van der Waals surface area contributed by atoms with Crippen LogP contribution in [0.2, 0.25) is 0 Å². The third-order valence-corrected chi connectivity index (χ3v) is 1.83. The molecule has 1 aromatic heterocycles. The lowest BCUT2D eigenvalue weighted by Crippen LogP contribution is -2.28. The number of ether oxygens (including phenoxy) is 1. The molecule has 0 saturated heterocycles. The second-order valence-electron chi connectivity index (χ2n) is 4.47. The second kappa shape index (κ2) is 4.91. The van der Waals surface area contributed by atoms with Crippen LogP contribution in [-0.2, 0) is 9.53 Å². The molecule has 1 heterocycles. The summed E-state index contributed by atoms with van der Waals surface area (Å²) in [5, 5.41) is 8.91. The second-order valence-corrected chi connectivity index (χ2v) is 4.47. The molecule has 1 unspecified atom stereocenters. The van der Waals surface area contributed by atoms with Crippen LogP contribution >= 0.6 is 0 Å².